The molecule has 144 valence electrons. The van der Waals surface area contributed by atoms with Gasteiger partial charge in [0.15, 0.2) is 0 Å². The predicted molar refractivity (Wildman–Crippen MR) is 115 cm³/mol. The number of benzene rings is 3. The molecule has 2 N–H and O–H groups in total. The molecule has 4 nitrogen and oxygen atoms in total. The summed E-state index contributed by atoms with van der Waals surface area (Å²) in [7, 11) is 0. The summed E-state index contributed by atoms with van der Waals surface area (Å²) in [5.74, 6) is 0.591. The van der Waals surface area contributed by atoms with Crippen molar-refractivity contribution in [3.63, 3.8) is 0 Å². The van der Waals surface area contributed by atoms with Crippen LogP contribution >= 0.6 is 11.6 Å². The van der Waals surface area contributed by atoms with Crippen LogP contribution in [0.5, 0.6) is 5.75 Å². The van der Waals surface area contributed by atoms with E-state index in [9.17, 15) is 4.79 Å². The van der Waals surface area contributed by atoms with E-state index in [0.29, 0.717) is 17.3 Å². The van der Waals surface area contributed by atoms with Crippen LogP contribution in [-0.4, -0.2) is 19.1 Å². The summed E-state index contributed by atoms with van der Waals surface area (Å²) < 4.78 is 5.81. The van der Waals surface area contributed by atoms with Crippen molar-refractivity contribution in [1.29, 1.82) is 0 Å². The minimum atomic E-state index is -0.138. The van der Waals surface area contributed by atoms with E-state index in [1.807, 2.05) is 67.6 Å². The van der Waals surface area contributed by atoms with Gasteiger partial charge in [0.2, 0.25) is 5.91 Å². The van der Waals surface area contributed by atoms with Crippen molar-refractivity contribution in [2.24, 2.45) is 0 Å². The van der Waals surface area contributed by atoms with Crippen LogP contribution in [0.25, 0.3) is 0 Å². The van der Waals surface area contributed by atoms with Crippen LogP contribution in [0.4, 0.5) is 11.4 Å². The molecule has 0 radical (unpaired) electrons. The highest BCUT2D eigenvalue weighted by atomic mass is 35.5. The van der Waals surface area contributed by atoms with E-state index >= 15 is 0 Å². The highest BCUT2D eigenvalue weighted by Gasteiger charge is 2.06. The van der Waals surface area contributed by atoms with Gasteiger partial charge in [0.05, 0.1) is 13.2 Å². The fraction of sp³-hybridized carbons (Fsp3) is 0.174. The molecule has 0 saturated heterocycles. The minimum absolute atomic E-state index is 0.138. The monoisotopic (exact) mass is 394 g/mol. The fourth-order valence-electron chi connectivity index (χ4n) is 2.76. The maximum Gasteiger partial charge on any atom is 0.243 e. The third-order valence-corrected chi connectivity index (χ3v) is 4.49. The van der Waals surface area contributed by atoms with Crippen LogP contribution in [0.3, 0.4) is 0 Å². The molecule has 0 bridgehead atoms. The first kappa shape index (κ1) is 19.8. The van der Waals surface area contributed by atoms with Gasteiger partial charge in [-0.05, 0) is 42.3 Å². The number of carbonyl (C=O) groups is 1. The Hall–Kier alpha value is -2.98. The quantitative estimate of drug-likeness (QED) is 0.543. The highest BCUT2D eigenvalue weighted by molar-refractivity contribution is 6.30. The lowest BCUT2D eigenvalue weighted by Crippen LogP contribution is -2.22. The summed E-state index contributed by atoms with van der Waals surface area (Å²) in [6.45, 7) is 2.70. The van der Waals surface area contributed by atoms with E-state index in [0.717, 1.165) is 23.4 Å². The minimum Gasteiger partial charge on any atom is -0.493 e. The molecule has 0 heterocycles. The van der Waals surface area contributed by atoms with Crippen LogP contribution in [0.2, 0.25) is 5.02 Å². The molecule has 0 spiro atoms. The first-order chi connectivity index (χ1) is 13.6. The number of aryl methyl sites for hydroxylation is 1. The number of rotatable bonds is 8. The maximum atomic E-state index is 12.2. The van der Waals surface area contributed by atoms with E-state index in [2.05, 4.69) is 22.8 Å². The molecule has 3 rings (SSSR count). The van der Waals surface area contributed by atoms with Gasteiger partial charge in [-0.3, -0.25) is 4.79 Å². The normalized spacial score (nSPS) is 10.4. The van der Waals surface area contributed by atoms with Gasteiger partial charge in [-0.15, -0.1) is 0 Å². The Morgan fingerprint density at radius 2 is 1.82 bits per heavy atom. The van der Waals surface area contributed by atoms with E-state index in [1.165, 1.54) is 5.56 Å². The fourth-order valence-corrected chi connectivity index (χ4v) is 2.93. The number of amides is 1. The van der Waals surface area contributed by atoms with Gasteiger partial charge in [0.1, 0.15) is 5.75 Å². The molecule has 0 fully saturated rings. The summed E-state index contributed by atoms with van der Waals surface area (Å²) in [5, 5.41) is 6.63. The molecule has 0 aliphatic carbocycles. The molecular formula is C23H23ClN2O2. The molecule has 0 aliphatic heterocycles. The zero-order valence-electron chi connectivity index (χ0n) is 15.7. The lowest BCUT2D eigenvalue weighted by molar-refractivity contribution is -0.114. The maximum absolute atomic E-state index is 12.2. The number of halogens is 1. The van der Waals surface area contributed by atoms with Crippen molar-refractivity contribution in [2.45, 2.75) is 13.3 Å². The molecule has 3 aromatic rings. The Morgan fingerprint density at radius 1 is 1.00 bits per heavy atom. The summed E-state index contributed by atoms with van der Waals surface area (Å²) in [4.78, 5) is 12.2. The molecule has 5 heteroatoms. The number of anilines is 2. The number of carbonyl (C=O) groups excluding carboxylic acids is 1. The molecule has 1 amide bonds. The summed E-state index contributed by atoms with van der Waals surface area (Å²) in [5.41, 5.74) is 3.81. The van der Waals surface area contributed by atoms with E-state index in [4.69, 9.17) is 16.3 Å². The molecular weight excluding hydrogens is 372 g/mol. The topological polar surface area (TPSA) is 50.4 Å². The van der Waals surface area contributed by atoms with Crippen LogP contribution in [0, 0.1) is 6.92 Å². The summed E-state index contributed by atoms with van der Waals surface area (Å²) in [6, 6.07) is 23.2. The third-order valence-electron chi connectivity index (χ3n) is 4.26. The van der Waals surface area contributed by atoms with Crippen LogP contribution in [-0.2, 0) is 11.2 Å². The van der Waals surface area contributed by atoms with Crippen molar-refractivity contribution in [3.8, 4) is 5.75 Å². The van der Waals surface area contributed by atoms with E-state index in [-0.39, 0.29) is 12.5 Å². The van der Waals surface area contributed by atoms with Crippen LogP contribution in [0.15, 0.2) is 72.8 Å². The zero-order valence-corrected chi connectivity index (χ0v) is 16.5. The van der Waals surface area contributed by atoms with Gasteiger partial charge in [0, 0.05) is 28.9 Å². The molecule has 28 heavy (non-hydrogen) atoms. The molecule has 3 aromatic carbocycles. The van der Waals surface area contributed by atoms with Crippen molar-refractivity contribution < 1.29 is 9.53 Å². The number of hydrogen-bond acceptors (Lipinski definition) is 3. The highest BCUT2D eigenvalue weighted by Crippen LogP contribution is 2.20. The first-order valence-corrected chi connectivity index (χ1v) is 9.54. The van der Waals surface area contributed by atoms with Crippen molar-refractivity contribution >= 4 is 28.9 Å². The summed E-state index contributed by atoms with van der Waals surface area (Å²) in [6.07, 6.45) is 0.834. The molecule has 0 saturated carbocycles. The number of nitrogens with one attached hydrogen (secondary N) is 2. The van der Waals surface area contributed by atoms with Gasteiger partial charge in [-0.1, -0.05) is 54.1 Å². The average molecular weight is 395 g/mol. The second kappa shape index (κ2) is 9.81. The van der Waals surface area contributed by atoms with Gasteiger partial charge >= 0.3 is 0 Å². The summed E-state index contributed by atoms with van der Waals surface area (Å²) >= 11 is 6.01. The molecule has 0 aromatic heterocycles. The Kier molecular flexibility index (Phi) is 6.93. The van der Waals surface area contributed by atoms with Crippen molar-refractivity contribution in [3.05, 3.63) is 88.9 Å². The lowest BCUT2D eigenvalue weighted by atomic mass is 10.2. The second-order valence-corrected chi connectivity index (χ2v) is 6.91. The van der Waals surface area contributed by atoms with Crippen molar-refractivity contribution in [2.75, 3.05) is 23.8 Å². The second-order valence-electron chi connectivity index (χ2n) is 6.47. The van der Waals surface area contributed by atoms with Gasteiger partial charge in [0.25, 0.3) is 0 Å². The molecule has 0 unspecified atom stereocenters. The first-order valence-electron chi connectivity index (χ1n) is 9.17. The smallest absolute Gasteiger partial charge is 0.243 e. The Balaban J connectivity index is 1.49. The molecule has 0 aliphatic rings. The predicted octanol–water partition coefficient (Wildman–Crippen LogP) is 5.32. The molecule has 0 atom stereocenters. The van der Waals surface area contributed by atoms with Crippen molar-refractivity contribution in [1.82, 2.24) is 0 Å². The van der Waals surface area contributed by atoms with E-state index in [1.54, 1.807) is 0 Å². The number of hydrogen-bond donors (Lipinski definition) is 2. The van der Waals surface area contributed by atoms with Crippen LogP contribution in [0.1, 0.15) is 11.1 Å². The van der Waals surface area contributed by atoms with Gasteiger partial charge < -0.3 is 15.4 Å². The Morgan fingerprint density at radius 3 is 2.64 bits per heavy atom. The average Bonchev–Trinajstić information content (AvgIpc) is 2.70. The Bertz CT molecular complexity index is 929. The van der Waals surface area contributed by atoms with Crippen LogP contribution < -0.4 is 15.4 Å². The van der Waals surface area contributed by atoms with Gasteiger partial charge in [-0.2, -0.15) is 0 Å². The SMILES string of the molecule is Cc1ccc(Cl)cc1NCC(=O)Nc1cccc(OCCc2ccccc2)c1. The zero-order chi connectivity index (χ0) is 19.8. The Labute approximate surface area is 170 Å². The van der Waals surface area contributed by atoms with Gasteiger partial charge in [-0.25, -0.2) is 0 Å². The third kappa shape index (κ3) is 6.03. The van der Waals surface area contributed by atoms with E-state index < -0.39 is 0 Å². The largest absolute Gasteiger partial charge is 0.493 e. The number of ether oxygens (including phenoxy) is 1. The lowest BCUT2D eigenvalue weighted by Gasteiger charge is -2.11. The standard InChI is InChI=1S/C23H23ClN2O2/c1-17-10-11-19(24)14-22(17)25-16-23(27)26-20-8-5-9-21(15-20)28-13-12-18-6-3-2-4-7-18/h2-11,14-15,25H,12-13,16H2,1H3,(H,26,27).